The van der Waals surface area contributed by atoms with E-state index in [9.17, 15) is 8.78 Å². The first-order chi connectivity index (χ1) is 15.4. The molecule has 32 heavy (non-hydrogen) atoms. The van der Waals surface area contributed by atoms with E-state index in [1.165, 1.54) is 36.4 Å². The summed E-state index contributed by atoms with van der Waals surface area (Å²) >= 11 is 11.7. The van der Waals surface area contributed by atoms with Gasteiger partial charge in [-0.2, -0.15) is 15.0 Å². The number of anilines is 6. The van der Waals surface area contributed by atoms with E-state index in [2.05, 4.69) is 30.9 Å². The van der Waals surface area contributed by atoms with Crippen molar-refractivity contribution in [3.05, 3.63) is 87.9 Å². The summed E-state index contributed by atoms with van der Waals surface area (Å²) in [6.45, 7) is 1.98. The Morgan fingerprint density at radius 1 is 0.594 bits per heavy atom. The summed E-state index contributed by atoms with van der Waals surface area (Å²) in [5.41, 5.74) is 2.85. The van der Waals surface area contributed by atoms with Gasteiger partial charge in [0.1, 0.15) is 11.6 Å². The quantitative estimate of drug-likeness (QED) is 0.280. The van der Waals surface area contributed by atoms with E-state index in [0.717, 1.165) is 11.3 Å². The monoisotopic (exact) mass is 472 g/mol. The van der Waals surface area contributed by atoms with Gasteiger partial charge in [0.15, 0.2) is 0 Å². The molecule has 6 nitrogen and oxygen atoms in total. The van der Waals surface area contributed by atoms with E-state index in [-0.39, 0.29) is 27.9 Å². The second-order valence-corrected chi connectivity index (χ2v) is 7.62. The van der Waals surface area contributed by atoms with Gasteiger partial charge in [-0.15, -0.1) is 0 Å². The van der Waals surface area contributed by atoms with E-state index in [0.29, 0.717) is 11.4 Å². The molecule has 162 valence electrons. The van der Waals surface area contributed by atoms with Gasteiger partial charge < -0.3 is 16.0 Å². The Labute approximate surface area is 192 Å². The van der Waals surface area contributed by atoms with Gasteiger partial charge in [-0.25, -0.2) is 8.78 Å². The molecule has 0 radical (unpaired) electrons. The van der Waals surface area contributed by atoms with Crippen LogP contribution in [0.1, 0.15) is 5.56 Å². The maximum absolute atomic E-state index is 13.5. The van der Waals surface area contributed by atoms with Crippen molar-refractivity contribution >= 4 is 58.1 Å². The number of halogens is 4. The minimum Gasteiger partial charge on any atom is -0.324 e. The topological polar surface area (TPSA) is 74.8 Å². The van der Waals surface area contributed by atoms with E-state index >= 15 is 0 Å². The van der Waals surface area contributed by atoms with Crippen LogP contribution in [0.2, 0.25) is 10.0 Å². The van der Waals surface area contributed by atoms with Crippen molar-refractivity contribution in [2.75, 3.05) is 16.0 Å². The predicted octanol–water partition coefficient (Wildman–Crippen LogP) is 7.00. The summed E-state index contributed by atoms with van der Waals surface area (Å²) in [5.74, 6) is -0.480. The summed E-state index contributed by atoms with van der Waals surface area (Å²) in [6.07, 6.45) is 0. The largest absolute Gasteiger partial charge is 0.324 e. The summed E-state index contributed by atoms with van der Waals surface area (Å²) in [4.78, 5) is 13.1. The number of aromatic nitrogens is 3. The highest BCUT2D eigenvalue weighted by Gasteiger charge is 2.10. The minimum atomic E-state index is -0.537. The Balaban J connectivity index is 1.66. The summed E-state index contributed by atoms with van der Waals surface area (Å²) < 4.78 is 27.0. The fourth-order valence-electron chi connectivity index (χ4n) is 2.72. The van der Waals surface area contributed by atoms with Crippen molar-refractivity contribution in [3.63, 3.8) is 0 Å². The molecule has 3 aromatic carbocycles. The zero-order valence-electron chi connectivity index (χ0n) is 16.6. The van der Waals surface area contributed by atoms with Gasteiger partial charge in [0.2, 0.25) is 17.8 Å². The second kappa shape index (κ2) is 9.33. The molecule has 0 fully saturated rings. The molecule has 0 unspecified atom stereocenters. The molecule has 0 amide bonds. The minimum absolute atomic E-state index is 0.0404. The van der Waals surface area contributed by atoms with Gasteiger partial charge in [0, 0.05) is 17.1 Å². The maximum atomic E-state index is 13.5. The molecule has 1 aromatic heterocycles. The number of rotatable bonds is 6. The molecule has 0 bridgehead atoms. The average molecular weight is 473 g/mol. The number of nitrogens with one attached hydrogen (secondary N) is 3. The lowest BCUT2D eigenvalue weighted by Gasteiger charge is -2.12. The van der Waals surface area contributed by atoms with Crippen LogP contribution in [0.5, 0.6) is 0 Å². The van der Waals surface area contributed by atoms with Crippen molar-refractivity contribution in [3.8, 4) is 0 Å². The van der Waals surface area contributed by atoms with Gasteiger partial charge in [0.05, 0.1) is 10.0 Å². The molecule has 1 heterocycles. The molecule has 0 saturated carbocycles. The van der Waals surface area contributed by atoms with Crippen molar-refractivity contribution in [1.29, 1.82) is 0 Å². The third-order valence-corrected chi connectivity index (χ3v) is 4.87. The molecule has 0 spiro atoms. The fraction of sp³-hybridized carbons (Fsp3) is 0.0455. The van der Waals surface area contributed by atoms with Crippen LogP contribution in [0.4, 0.5) is 43.7 Å². The number of nitrogens with zero attached hydrogens (tertiary/aromatic N) is 3. The van der Waals surface area contributed by atoms with Crippen molar-refractivity contribution in [1.82, 2.24) is 15.0 Å². The van der Waals surface area contributed by atoms with Gasteiger partial charge in [-0.3, -0.25) is 0 Å². The molecule has 0 aliphatic carbocycles. The lowest BCUT2D eigenvalue weighted by Crippen LogP contribution is -2.07. The van der Waals surface area contributed by atoms with Crippen molar-refractivity contribution in [2.45, 2.75) is 6.92 Å². The van der Waals surface area contributed by atoms with Gasteiger partial charge in [-0.05, 0) is 55.5 Å². The molecule has 0 aliphatic rings. The highest BCUT2D eigenvalue weighted by Crippen LogP contribution is 2.25. The van der Waals surface area contributed by atoms with Crippen LogP contribution >= 0.6 is 23.2 Å². The highest BCUT2D eigenvalue weighted by molar-refractivity contribution is 6.31. The molecule has 4 aromatic rings. The molecule has 0 atom stereocenters. The van der Waals surface area contributed by atoms with Crippen LogP contribution in [-0.4, -0.2) is 15.0 Å². The normalized spacial score (nSPS) is 10.7. The standard InChI is InChI=1S/C22H16Cl2F2N6/c1-12-2-4-13(5-3-12)27-20-30-21(28-14-6-8-18(25)16(23)10-14)32-22(31-20)29-15-7-9-19(26)17(24)11-15/h2-11H,1H3,(H3,27,28,29,30,31,32). The van der Waals surface area contributed by atoms with Crippen molar-refractivity contribution in [2.24, 2.45) is 0 Å². The van der Waals surface area contributed by atoms with E-state index in [4.69, 9.17) is 23.2 Å². The van der Waals surface area contributed by atoms with Gasteiger partial charge >= 0.3 is 0 Å². The lowest BCUT2D eigenvalue weighted by atomic mass is 10.2. The Morgan fingerprint density at radius 3 is 1.38 bits per heavy atom. The predicted molar refractivity (Wildman–Crippen MR) is 124 cm³/mol. The number of aryl methyl sites for hydroxylation is 1. The van der Waals surface area contributed by atoms with Gasteiger partial charge in [0.25, 0.3) is 0 Å². The first-order valence-corrected chi connectivity index (χ1v) is 10.2. The summed E-state index contributed by atoms with van der Waals surface area (Å²) in [5, 5.41) is 8.98. The third kappa shape index (κ3) is 5.40. The number of hydrogen-bond acceptors (Lipinski definition) is 6. The second-order valence-electron chi connectivity index (χ2n) is 6.81. The van der Waals surface area contributed by atoms with E-state index < -0.39 is 11.6 Å². The van der Waals surface area contributed by atoms with Gasteiger partial charge in [-0.1, -0.05) is 40.9 Å². The lowest BCUT2D eigenvalue weighted by molar-refractivity contribution is 0.628. The number of hydrogen-bond donors (Lipinski definition) is 3. The molecule has 10 heteroatoms. The first-order valence-electron chi connectivity index (χ1n) is 9.40. The zero-order valence-corrected chi connectivity index (χ0v) is 18.1. The van der Waals surface area contributed by atoms with E-state index in [1.807, 2.05) is 31.2 Å². The summed E-state index contributed by atoms with van der Waals surface area (Å²) in [6, 6.07) is 16.0. The van der Waals surface area contributed by atoms with Crippen LogP contribution in [0, 0.1) is 18.6 Å². The maximum Gasteiger partial charge on any atom is 0.233 e. The number of benzene rings is 3. The molecule has 4 rings (SSSR count). The molecule has 0 saturated heterocycles. The Morgan fingerprint density at radius 2 is 0.969 bits per heavy atom. The zero-order chi connectivity index (χ0) is 22.7. The molecular weight excluding hydrogens is 457 g/mol. The van der Waals surface area contributed by atoms with Crippen LogP contribution in [0.25, 0.3) is 0 Å². The molecular formula is C22H16Cl2F2N6. The third-order valence-electron chi connectivity index (χ3n) is 4.29. The van der Waals surface area contributed by atoms with E-state index in [1.54, 1.807) is 0 Å². The van der Waals surface area contributed by atoms with Crippen LogP contribution in [0.15, 0.2) is 60.7 Å². The molecule has 0 aliphatic heterocycles. The smallest absolute Gasteiger partial charge is 0.233 e. The molecule has 3 N–H and O–H groups in total. The Kier molecular flexibility index (Phi) is 6.34. The van der Waals surface area contributed by atoms with Crippen LogP contribution in [-0.2, 0) is 0 Å². The Bertz CT molecular complexity index is 1200. The highest BCUT2D eigenvalue weighted by atomic mass is 35.5. The first kappa shape index (κ1) is 21.7. The van der Waals surface area contributed by atoms with Crippen LogP contribution < -0.4 is 16.0 Å². The van der Waals surface area contributed by atoms with Crippen molar-refractivity contribution < 1.29 is 8.78 Å². The SMILES string of the molecule is Cc1ccc(Nc2nc(Nc3ccc(F)c(Cl)c3)nc(Nc3ccc(F)c(Cl)c3)n2)cc1. The average Bonchev–Trinajstić information content (AvgIpc) is 2.75. The Hall–Kier alpha value is -3.49. The van der Waals surface area contributed by atoms with Crippen LogP contribution in [0.3, 0.4) is 0 Å². The fourth-order valence-corrected chi connectivity index (χ4v) is 3.08. The summed E-state index contributed by atoms with van der Waals surface area (Å²) in [7, 11) is 0.